The number of aliphatic hydroxyl groups excluding tert-OH is 1. The van der Waals surface area contributed by atoms with Crippen molar-refractivity contribution in [3.8, 4) is 0 Å². The highest BCUT2D eigenvalue weighted by Crippen LogP contribution is 2.67. The molecule has 0 saturated heterocycles. The number of allylic oxidation sites excluding steroid dienone is 4. The summed E-state index contributed by atoms with van der Waals surface area (Å²) in [6, 6.07) is 0. The highest BCUT2D eigenvalue weighted by molar-refractivity contribution is 6.01. The number of carbonyl (C=O) groups is 3. The Bertz CT molecular complexity index is 843. The fourth-order valence-electron chi connectivity index (χ4n) is 7.16. The normalized spacial score (nSPS) is 44.6. The van der Waals surface area contributed by atoms with Crippen LogP contribution in [0.2, 0.25) is 0 Å². The fraction of sp³-hybridized carbons (Fsp3) is 0.708. The van der Waals surface area contributed by atoms with Gasteiger partial charge in [0.2, 0.25) is 5.78 Å². The summed E-state index contributed by atoms with van der Waals surface area (Å²) in [5, 5.41) is 22.8. The van der Waals surface area contributed by atoms with Gasteiger partial charge in [-0.2, -0.15) is 0 Å². The molecule has 0 bridgehead atoms. The molecule has 3 fully saturated rings. The molecule has 4 aliphatic carbocycles. The Hall–Kier alpha value is -1.79. The molecule has 0 aromatic heterocycles. The average molecular weight is 417 g/mol. The van der Waals surface area contributed by atoms with E-state index in [9.17, 15) is 24.6 Å². The van der Waals surface area contributed by atoms with Gasteiger partial charge in [0.25, 0.3) is 0 Å². The van der Waals surface area contributed by atoms with E-state index in [1.165, 1.54) is 0 Å². The predicted molar refractivity (Wildman–Crippen MR) is 109 cm³/mol. The Morgan fingerprint density at radius 3 is 2.70 bits per heavy atom. The van der Waals surface area contributed by atoms with E-state index in [1.807, 2.05) is 13.0 Å². The first kappa shape index (κ1) is 21.4. The number of hydrogen-bond donors (Lipinski definition) is 2. The van der Waals surface area contributed by atoms with Crippen LogP contribution in [0, 0.1) is 28.6 Å². The van der Waals surface area contributed by atoms with E-state index in [0.29, 0.717) is 19.3 Å². The predicted octanol–water partition coefficient (Wildman–Crippen LogP) is 2.52. The summed E-state index contributed by atoms with van der Waals surface area (Å²) in [7, 11) is 0. The number of esters is 1. The Balaban J connectivity index is 1.63. The minimum absolute atomic E-state index is 0.00136. The smallest absolute Gasteiger partial charge is 0.305 e. The SMILES string of the molecule is CCC(=O)OCC(=O)[C@@]1(O)CC[C@H]2[C@@H]3CCC4=CC(=O)C=C[C@]4(C)[C@H]3[C@H](O)C[C@@]21C. The molecule has 0 heterocycles. The minimum atomic E-state index is -1.60. The van der Waals surface area contributed by atoms with Crippen LogP contribution in [0.3, 0.4) is 0 Å². The van der Waals surface area contributed by atoms with Gasteiger partial charge in [0.05, 0.1) is 6.10 Å². The van der Waals surface area contributed by atoms with Gasteiger partial charge in [0, 0.05) is 23.2 Å². The molecular weight excluding hydrogens is 384 g/mol. The third-order valence-corrected chi connectivity index (χ3v) is 8.76. The second-order valence-electron chi connectivity index (χ2n) is 10.0. The van der Waals surface area contributed by atoms with Crippen molar-refractivity contribution in [3.63, 3.8) is 0 Å². The summed E-state index contributed by atoms with van der Waals surface area (Å²) >= 11 is 0. The van der Waals surface area contributed by atoms with E-state index in [1.54, 1.807) is 19.1 Å². The molecular formula is C24H32O6. The molecule has 6 nitrogen and oxygen atoms in total. The van der Waals surface area contributed by atoms with Crippen LogP contribution in [0.25, 0.3) is 0 Å². The fourth-order valence-corrected chi connectivity index (χ4v) is 7.16. The van der Waals surface area contributed by atoms with Crippen LogP contribution < -0.4 is 0 Å². The van der Waals surface area contributed by atoms with Gasteiger partial charge in [-0.3, -0.25) is 14.4 Å². The molecule has 0 unspecified atom stereocenters. The highest BCUT2D eigenvalue weighted by atomic mass is 16.5. The van der Waals surface area contributed by atoms with Gasteiger partial charge in [0.15, 0.2) is 12.4 Å². The number of Topliss-reactive ketones (excluding diaryl/α,β-unsaturated/α-hetero) is 1. The Morgan fingerprint density at radius 1 is 1.27 bits per heavy atom. The minimum Gasteiger partial charge on any atom is -0.458 e. The lowest BCUT2D eigenvalue weighted by Gasteiger charge is -2.59. The van der Waals surface area contributed by atoms with Crippen LogP contribution in [0.1, 0.15) is 59.3 Å². The molecule has 0 amide bonds. The summed E-state index contributed by atoms with van der Waals surface area (Å²) < 4.78 is 5.03. The molecule has 0 spiro atoms. The Labute approximate surface area is 177 Å². The summed E-state index contributed by atoms with van der Waals surface area (Å²) in [6.45, 7) is 5.25. The Kier molecular flexibility index (Phi) is 5.09. The van der Waals surface area contributed by atoms with Crippen molar-refractivity contribution in [2.24, 2.45) is 28.6 Å². The van der Waals surface area contributed by atoms with Crippen molar-refractivity contribution in [1.29, 1.82) is 0 Å². The van der Waals surface area contributed by atoms with E-state index in [4.69, 9.17) is 4.74 Å². The first-order chi connectivity index (χ1) is 14.1. The molecule has 2 N–H and O–H groups in total. The second kappa shape index (κ2) is 7.13. The van der Waals surface area contributed by atoms with Gasteiger partial charge < -0.3 is 14.9 Å². The molecule has 3 saturated carbocycles. The highest BCUT2D eigenvalue weighted by Gasteiger charge is 2.68. The van der Waals surface area contributed by atoms with Gasteiger partial charge in [0.1, 0.15) is 5.60 Å². The van der Waals surface area contributed by atoms with Gasteiger partial charge >= 0.3 is 5.97 Å². The van der Waals surface area contributed by atoms with Gasteiger partial charge in [-0.25, -0.2) is 0 Å². The molecule has 0 aromatic carbocycles. The molecule has 30 heavy (non-hydrogen) atoms. The van der Waals surface area contributed by atoms with Crippen molar-refractivity contribution < 1.29 is 29.3 Å². The third kappa shape index (κ3) is 2.87. The third-order valence-electron chi connectivity index (χ3n) is 8.76. The van der Waals surface area contributed by atoms with E-state index in [-0.39, 0.29) is 35.4 Å². The van der Waals surface area contributed by atoms with Crippen LogP contribution >= 0.6 is 0 Å². The lowest BCUT2D eigenvalue weighted by molar-refractivity contribution is -0.181. The molecule has 164 valence electrons. The van der Waals surface area contributed by atoms with Crippen LogP contribution in [0.15, 0.2) is 23.8 Å². The van der Waals surface area contributed by atoms with E-state index in [2.05, 4.69) is 6.92 Å². The van der Waals surface area contributed by atoms with Gasteiger partial charge in [-0.1, -0.05) is 32.4 Å². The maximum absolute atomic E-state index is 13.0. The number of aliphatic hydroxyl groups is 2. The number of ether oxygens (including phenoxy) is 1. The van der Waals surface area contributed by atoms with Crippen molar-refractivity contribution in [2.75, 3.05) is 6.61 Å². The first-order valence-electron chi connectivity index (χ1n) is 11.1. The molecule has 0 aromatic rings. The van der Waals surface area contributed by atoms with Crippen LogP contribution in [-0.4, -0.2) is 46.1 Å². The van der Waals surface area contributed by atoms with Crippen molar-refractivity contribution in [2.45, 2.75) is 71.0 Å². The zero-order valence-electron chi connectivity index (χ0n) is 18.0. The molecule has 0 radical (unpaired) electrons. The van der Waals surface area contributed by atoms with Crippen molar-refractivity contribution in [3.05, 3.63) is 23.8 Å². The lowest BCUT2D eigenvalue weighted by Crippen LogP contribution is -2.61. The molecule has 4 rings (SSSR count). The van der Waals surface area contributed by atoms with Crippen LogP contribution in [0.4, 0.5) is 0 Å². The topological polar surface area (TPSA) is 101 Å². The zero-order valence-corrected chi connectivity index (χ0v) is 18.0. The number of ketones is 2. The van der Waals surface area contributed by atoms with Gasteiger partial charge in [-0.05, 0) is 56.1 Å². The number of fused-ring (bicyclic) bond motifs is 5. The first-order valence-corrected chi connectivity index (χ1v) is 11.1. The zero-order chi connectivity index (χ0) is 21.9. The van der Waals surface area contributed by atoms with Crippen molar-refractivity contribution >= 4 is 17.5 Å². The Morgan fingerprint density at radius 2 is 2.00 bits per heavy atom. The lowest BCUT2D eigenvalue weighted by atomic mass is 9.46. The number of carbonyl (C=O) groups excluding carboxylic acids is 3. The summed E-state index contributed by atoms with van der Waals surface area (Å²) in [4.78, 5) is 36.4. The van der Waals surface area contributed by atoms with Crippen molar-refractivity contribution in [1.82, 2.24) is 0 Å². The summed E-state index contributed by atoms with van der Waals surface area (Å²) in [5.41, 5.74) is -1.67. The van der Waals surface area contributed by atoms with E-state index < -0.39 is 35.5 Å². The van der Waals surface area contributed by atoms with Crippen LogP contribution in [0.5, 0.6) is 0 Å². The number of rotatable bonds is 4. The quantitative estimate of drug-likeness (QED) is 0.683. The van der Waals surface area contributed by atoms with Crippen LogP contribution in [-0.2, 0) is 19.1 Å². The summed E-state index contributed by atoms with van der Waals surface area (Å²) in [6.07, 6.45) is 7.70. The second-order valence-corrected chi connectivity index (χ2v) is 10.0. The van der Waals surface area contributed by atoms with Gasteiger partial charge in [-0.15, -0.1) is 0 Å². The standard InChI is InChI=1S/C24H32O6/c1-4-20(28)30-13-19(27)24(29)10-8-17-16-6-5-14-11-15(25)7-9-22(14,2)21(16)18(26)12-23(17,24)3/h7,9,11,16-18,21,26,29H,4-6,8,10,12-13H2,1-3H3/t16-,17-,18+,21+,22-,23-,24-/m0/s1. The number of hydrogen-bond acceptors (Lipinski definition) is 6. The van der Waals surface area contributed by atoms with E-state index in [0.717, 1.165) is 18.4 Å². The summed E-state index contributed by atoms with van der Waals surface area (Å²) in [5.74, 6) is -0.738. The molecule has 6 heteroatoms. The monoisotopic (exact) mass is 416 g/mol. The van der Waals surface area contributed by atoms with E-state index >= 15 is 0 Å². The maximum atomic E-state index is 13.0. The molecule has 7 atom stereocenters. The largest absolute Gasteiger partial charge is 0.458 e. The maximum Gasteiger partial charge on any atom is 0.305 e. The molecule has 0 aliphatic heterocycles. The molecule has 4 aliphatic rings. The average Bonchev–Trinajstić information content (AvgIpc) is 2.97.